The molecule has 3 rings (SSSR count). The van der Waals surface area contributed by atoms with Gasteiger partial charge in [0.15, 0.2) is 5.65 Å². The first-order chi connectivity index (χ1) is 10.3. The van der Waals surface area contributed by atoms with Crippen molar-refractivity contribution in [3.05, 3.63) is 58.8 Å². The Morgan fingerprint density at radius 2 is 2.00 bits per heavy atom. The van der Waals surface area contributed by atoms with Gasteiger partial charge < -0.3 is 4.74 Å². The van der Waals surface area contributed by atoms with Gasteiger partial charge in [0.1, 0.15) is 11.6 Å². The molecule has 5 heteroatoms. The number of aromatic nitrogens is 3. The minimum absolute atomic E-state index is 0.130. The average Bonchev–Trinajstić information content (AvgIpc) is 2.54. The van der Waals surface area contributed by atoms with Crippen LogP contribution in [0.3, 0.4) is 0 Å². The minimum atomic E-state index is -0.130. The first kappa shape index (κ1) is 13.3. The van der Waals surface area contributed by atoms with Gasteiger partial charge in [-0.05, 0) is 24.3 Å². The van der Waals surface area contributed by atoms with Crippen LogP contribution in [0.1, 0.15) is 12.7 Å². The third kappa shape index (κ3) is 2.16. The second-order valence-electron chi connectivity index (χ2n) is 4.57. The van der Waals surface area contributed by atoms with Crippen LogP contribution >= 0.6 is 0 Å². The van der Waals surface area contributed by atoms with Gasteiger partial charge in [-0.1, -0.05) is 19.1 Å². The predicted octanol–water partition coefficient (Wildman–Crippen LogP) is 2.35. The van der Waals surface area contributed by atoms with E-state index in [1.54, 1.807) is 30.0 Å². The van der Waals surface area contributed by atoms with Crippen molar-refractivity contribution in [2.24, 2.45) is 0 Å². The third-order valence-corrected chi connectivity index (χ3v) is 3.36. The molecule has 0 aliphatic rings. The molecule has 0 saturated heterocycles. The highest BCUT2D eigenvalue weighted by Crippen LogP contribution is 2.22. The molecule has 3 aromatic rings. The quantitative estimate of drug-likeness (QED) is 0.739. The number of nitrogens with zero attached hydrogens (tertiary/aromatic N) is 3. The van der Waals surface area contributed by atoms with Crippen LogP contribution in [0.4, 0.5) is 0 Å². The Labute approximate surface area is 121 Å². The van der Waals surface area contributed by atoms with Gasteiger partial charge in [-0.15, -0.1) is 0 Å². The second-order valence-corrected chi connectivity index (χ2v) is 4.57. The fourth-order valence-electron chi connectivity index (χ4n) is 2.36. The molecule has 0 saturated carbocycles. The first-order valence-electron chi connectivity index (χ1n) is 6.76. The highest BCUT2D eigenvalue weighted by molar-refractivity contribution is 5.73. The number of fused-ring (bicyclic) bond motifs is 1. The lowest BCUT2D eigenvalue weighted by molar-refractivity contribution is 0.412. The van der Waals surface area contributed by atoms with Gasteiger partial charge in [-0.25, -0.2) is 9.97 Å². The topological polar surface area (TPSA) is 57.0 Å². The Bertz CT molecular complexity index is 856. The van der Waals surface area contributed by atoms with E-state index in [4.69, 9.17) is 4.74 Å². The first-order valence-corrected chi connectivity index (χ1v) is 6.76. The Morgan fingerprint density at radius 1 is 1.19 bits per heavy atom. The summed E-state index contributed by atoms with van der Waals surface area (Å²) in [6, 6.07) is 10.9. The lowest BCUT2D eigenvalue weighted by Crippen LogP contribution is -2.24. The molecule has 0 N–H and O–H groups in total. The molecular formula is C16H15N3O2. The summed E-state index contributed by atoms with van der Waals surface area (Å²) in [6.45, 7) is 1.96. The Balaban J connectivity index is 2.41. The summed E-state index contributed by atoms with van der Waals surface area (Å²) >= 11 is 0. The summed E-state index contributed by atoms with van der Waals surface area (Å²) in [7, 11) is 1.59. The number of aryl methyl sites for hydroxylation is 1. The monoisotopic (exact) mass is 281 g/mol. The maximum absolute atomic E-state index is 12.8. The van der Waals surface area contributed by atoms with Crippen molar-refractivity contribution in [1.29, 1.82) is 0 Å². The summed E-state index contributed by atoms with van der Waals surface area (Å²) < 4.78 is 6.96. The van der Waals surface area contributed by atoms with E-state index < -0.39 is 0 Å². The van der Waals surface area contributed by atoms with Gasteiger partial charge >= 0.3 is 0 Å². The maximum Gasteiger partial charge on any atom is 0.267 e. The number of hydrogen-bond donors (Lipinski definition) is 0. The number of rotatable bonds is 3. The highest BCUT2D eigenvalue weighted by atomic mass is 16.5. The predicted molar refractivity (Wildman–Crippen MR) is 81.1 cm³/mol. The Hall–Kier alpha value is -2.69. The van der Waals surface area contributed by atoms with Gasteiger partial charge in [-0.3, -0.25) is 9.36 Å². The maximum atomic E-state index is 12.8. The van der Waals surface area contributed by atoms with Crippen LogP contribution in [0.25, 0.3) is 16.7 Å². The molecule has 0 unspecified atom stereocenters. The lowest BCUT2D eigenvalue weighted by atomic mass is 10.2. The van der Waals surface area contributed by atoms with Crippen molar-refractivity contribution < 1.29 is 4.74 Å². The van der Waals surface area contributed by atoms with E-state index in [0.29, 0.717) is 34.7 Å². The molecular weight excluding hydrogens is 266 g/mol. The van der Waals surface area contributed by atoms with Crippen LogP contribution in [0.15, 0.2) is 47.4 Å². The largest absolute Gasteiger partial charge is 0.495 e. The summed E-state index contributed by atoms with van der Waals surface area (Å²) in [5.41, 5.74) is 1.04. The number of ether oxygens (including phenoxy) is 1. The SMILES string of the molecule is CCc1nc2ncccc2c(=O)n1-c1ccccc1OC. The van der Waals surface area contributed by atoms with Crippen molar-refractivity contribution in [3.8, 4) is 11.4 Å². The fraction of sp³-hybridized carbons (Fsp3) is 0.188. The normalized spacial score (nSPS) is 10.8. The van der Waals surface area contributed by atoms with Gasteiger partial charge in [0, 0.05) is 12.6 Å². The molecule has 2 heterocycles. The second kappa shape index (κ2) is 5.36. The number of para-hydroxylation sites is 2. The molecule has 0 aliphatic heterocycles. The van der Waals surface area contributed by atoms with Crippen LogP contribution in [-0.4, -0.2) is 21.6 Å². The van der Waals surface area contributed by atoms with E-state index >= 15 is 0 Å². The molecule has 0 radical (unpaired) electrons. The molecule has 2 aromatic heterocycles. The van der Waals surface area contributed by atoms with E-state index in [0.717, 1.165) is 0 Å². The van der Waals surface area contributed by atoms with Crippen LogP contribution < -0.4 is 10.3 Å². The van der Waals surface area contributed by atoms with Crippen LogP contribution in [0.2, 0.25) is 0 Å². The van der Waals surface area contributed by atoms with E-state index in [1.165, 1.54) is 0 Å². The van der Waals surface area contributed by atoms with Gasteiger partial charge in [0.2, 0.25) is 0 Å². The van der Waals surface area contributed by atoms with Gasteiger partial charge in [-0.2, -0.15) is 0 Å². The van der Waals surface area contributed by atoms with Crippen molar-refractivity contribution >= 4 is 11.0 Å². The Morgan fingerprint density at radius 3 is 2.76 bits per heavy atom. The van der Waals surface area contributed by atoms with Crippen molar-refractivity contribution in [2.75, 3.05) is 7.11 Å². The summed E-state index contributed by atoms with van der Waals surface area (Å²) in [5.74, 6) is 1.30. The molecule has 5 nitrogen and oxygen atoms in total. The molecule has 0 aliphatic carbocycles. The molecule has 0 amide bonds. The number of hydrogen-bond acceptors (Lipinski definition) is 4. The summed E-state index contributed by atoms with van der Waals surface area (Å²) in [4.78, 5) is 21.5. The summed E-state index contributed by atoms with van der Waals surface area (Å²) in [5, 5.41) is 0.501. The van der Waals surface area contributed by atoms with Crippen molar-refractivity contribution in [3.63, 3.8) is 0 Å². The molecule has 21 heavy (non-hydrogen) atoms. The van der Waals surface area contributed by atoms with Crippen LogP contribution in [-0.2, 0) is 6.42 Å². The minimum Gasteiger partial charge on any atom is -0.495 e. The highest BCUT2D eigenvalue weighted by Gasteiger charge is 2.14. The standard InChI is InChI=1S/C16H15N3O2/c1-3-14-18-15-11(7-6-10-17-15)16(20)19(14)12-8-4-5-9-13(12)21-2/h4-10H,3H2,1-2H3. The Kier molecular flexibility index (Phi) is 3.39. The zero-order valence-electron chi connectivity index (χ0n) is 11.9. The smallest absolute Gasteiger partial charge is 0.267 e. The zero-order chi connectivity index (χ0) is 14.8. The number of methoxy groups -OCH3 is 1. The van der Waals surface area contributed by atoms with E-state index in [-0.39, 0.29) is 5.56 Å². The molecule has 0 spiro atoms. The number of benzene rings is 1. The average molecular weight is 281 g/mol. The van der Waals surface area contributed by atoms with Crippen LogP contribution in [0, 0.1) is 0 Å². The molecule has 0 fully saturated rings. The van der Waals surface area contributed by atoms with E-state index in [9.17, 15) is 4.79 Å². The molecule has 106 valence electrons. The van der Waals surface area contributed by atoms with Gasteiger partial charge in [0.05, 0.1) is 18.2 Å². The summed E-state index contributed by atoms with van der Waals surface area (Å²) in [6.07, 6.45) is 2.27. The molecule has 1 aromatic carbocycles. The van der Waals surface area contributed by atoms with Crippen molar-refractivity contribution in [1.82, 2.24) is 14.5 Å². The molecule has 0 bridgehead atoms. The van der Waals surface area contributed by atoms with E-state index in [2.05, 4.69) is 9.97 Å². The van der Waals surface area contributed by atoms with Crippen molar-refractivity contribution in [2.45, 2.75) is 13.3 Å². The molecule has 0 atom stereocenters. The fourth-order valence-corrected chi connectivity index (χ4v) is 2.36. The van der Waals surface area contributed by atoms with Crippen LogP contribution in [0.5, 0.6) is 5.75 Å². The van der Waals surface area contributed by atoms with Gasteiger partial charge in [0.25, 0.3) is 5.56 Å². The lowest BCUT2D eigenvalue weighted by Gasteiger charge is -2.14. The zero-order valence-corrected chi connectivity index (χ0v) is 11.9. The number of pyridine rings is 1. The van der Waals surface area contributed by atoms with E-state index in [1.807, 2.05) is 31.2 Å². The third-order valence-electron chi connectivity index (χ3n) is 3.36.